The van der Waals surface area contributed by atoms with Crippen LogP contribution in [0, 0.1) is 11.8 Å². The second-order valence-corrected chi connectivity index (χ2v) is 14.5. The molecule has 3 fully saturated rings. The molecule has 2 aromatic carbocycles. The number of anilines is 3. The van der Waals surface area contributed by atoms with Gasteiger partial charge >= 0.3 is 0 Å². The average molecular weight is 661 g/mol. The highest BCUT2D eigenvalue weighted by Gasteiger charge is 2.77. The molecule has 10 heteroatoms. The lowest BCUT2D eigenvalue weighted by atomic mass is 9.66. The molecule has 3 amide bonds. The number of rotatable bonds is 15. The van der Waals surface area contributed by atoms with E-state index in [9.17, 15) is 19.5 Å². The number of ether oxygens (including phenoxy) is 1. The van der Waals surface area contributed by atoms with Gasteiger partial charge in [-0.3, -0.25) is 14.4 Å². The molecule has 47 heavy (non-hydrogen) atoms. The lowest BCUT2D eigenvalue weighted by Gasteiger charge is -2.38. The predicted octanol–water partition coefficient (Wildman–Crippen LogP) is 5.14. The van der Waals surface area contributed by atoms with Crippen molar-refractivity contribution in [3.8, 4) is 5.75 Å². The summed E-state index contributed by atoms with van der Waals surface area (Å²) in [6.07, 6.45) is 4.70. The molecule has 2 aromatic rings. The molecule has 3 heterocycles. The van der Waals surface area contributed by atoms with E-state index < -0.39 is 27.4 Å². The summed E-state index contributed by atoms with van der Waals surface area (Å²) in [6, 6.07) is 14.4. The van der Waals surface area contributed by atoms with Crippen molar-refractivity contribution < 1.29 is 24.2 Å². The Morgan fingerprint density at radius 2 is 1.49 bits per heavy atom. The van der Waals surface area contributed by atoms with Gasteiger partial charge in [0.15, 0.2) is 0 Å². The van der Waals surface area contributed by atoms with Gasteiger partial charge < -0.3 is 29.4 Å². The summed E-state index contributed by atoms with van der Waals surface area (Å²) in [4.78, 5) is 51.1. The number of hydrogen-bond donors (Lipinski definition) is 1. The molecule has 0 radical (unpaired) electrons. The van der Waals surface area contributed by atoms with E-state index in [1.54, 1.807) is 38.6 Å². The van der Waals surface area contributed by atoms with Gasteiger partial charge in [-0.25, -0.2) is 0 Å². The third kappa shape index (κ3) is 5.95. The fourth-order valence-corrected chi connectivity index (χ4v) is 10.3. The van der Waals surface area contributed by atoms with Gasteiger partial charge in [-0.05, 0) is 89.1 Å². The molecule has 2 bridgehead atoms. The van der Waals surface area contributed by atoms with E-state index in [1.165, 1.54) is 0 Å². The van der Waals surface area contributed by atoms with Gasteiger partial charge in [-0.1, -0.05) is 12.2 Å². The Morgan fingerprint density at radius 3 is 2.02 bits per heavy atom. The number of aliphatic hydroxyl groups is 1. The van der Waals surface area contributed by atoms with Crippen molar-refractivity contribution in [1.29, 1.82) is 0 Å². The molecule has 1 spiro atoms. The van der Waals surface area contributed by atoms with Crippen LogP contribution in [-0.2, 0) is 14.4 Å². The number of amides is 3. The van der Waals surface area contributed by atoms with E-state index in [2.05, 4.69) is 38.8 Å². The van der Waals surface area contributed by atoms with Gasteiger partial charge in [-0.2, -0.15) is 0 Å². The first kappa shape index (κ1) is 34.6. The summed E-state index contributed by atoms with van der Waals surface area (Å²) < 4.78 is 4.26. The molecule has 3 aliphatic rings. The van der Waals surface area contributed by atoms with Crippen molar-refractivity contribution >= 4 is 46.5 Å². The SMILES string of the molecule is C=CCN(C(=O)C1N(CCO)C(=O)[C@@H]2[C@H](C(=O)N(CC=C)c3ccc(OCC)cc3)[C@]3(C)CCC12S3)c1ccc(N(CC)CC)cc1. The summed E-state index contributed by atoms with van der Waals surface area (Å²) >= 11 is 1.62. The third-order valence-corrected chi connectivity index (χ3v) is 12.0. The van der Waals surface area contributed by atoms with Crippen LogP contribution in [0.3, 0.4) is 0 Å². The van der Waals surface area contributed by atoms with Crippen molar-refractivity contribution in [2.24, 2.45) is 11.8 Å². The summed E-state index contributed by atoms with van der Waals surface area (Å²) in [5.74, 6) is -1.26. The highest BCUT2D eigenvalue weighted by molar-refractivity contribution is 8.02. The number of β-amino-alcohol motifs (C(OH)–C–C–N with tert-alkyl or cyclic N) is 1. The fraction of sp³-hybridized carbons (Fsp3) is 0.486. The minimum Gasteiger partial charge on any atom is -0.494 e. The maximum atomic E-state index is 14.8. The van der Waals surface area contributed by atoms with E-state index in [0.29, 0.717) is 36.6 Å². The molecule has 1 N–H and O–H groups in total. The predicted molar refractivity (Wildman–Crippen MR) is 190 cm³/mol. The van der Waals surface area contributed by atoms with E-state index in [4.69, 9.17) is 4.74 Å². The van der Waals surface area contributed by atoms with Crippen LogP contribution in [0.15, 0.2) is 73.8 Å². The first-order valence-corrected chi connectivity index (χ1v) is 17.5. The molecule has 0 saturated carbocycles. The third-order valence-electron chi connectivity index (χ3n) is 10.0. The number of fused-ring (bicyclic) bond motifs is 1. The van der Waals surface area contributed by atoms with Gasteiger partial charge in [0.2, 0.25) is 11.8 Å². The van der Waals surface area contributed by atoms with E-state index in [0.717, 1.165) is 18.8 Å². The molecule has 3 aliphatic heterocycles. The Kier molecular flexibility index (Phi) is 10.4. The number of thioether (sulfide) groups is 1. The minimum absolute atomic E-state index is 0.0176. The molecular weight excluding hydrogens is 612 g/mol. The van der Waals surface area contributed by atoms with Gasteiger partial charge in [-0.15, -0.1) is 24.9 Å². The summed E-state index contributed by atoms with van der Waals surface area (Å²) in [7, 11) is 0. The zero-order valence-corrected chi connectivity index (χ0v) is 28.9. The Hall–Kier alpha value is -3.76. The molecule has 5 rings (SSSR count). The topological polar surface area (TPSA) is 93.6 Å². The maximum Gasteiger partial charge on any atom is 0.251 e. The standard InChI is InChI=1S/C37H48N4O5S/c1-7-22-39(28-16-18-29(19-17-28)46-11-5)33(43)30-31-34(44)41(24-25-42)32(37(31)21-20-36(30,6)47-37)35(45)40(23-8-2)27-14-12-26(13-15-27)38(9-3)10-4/h7-8,12-19,30-32,42H,1-2,9-11,20-25H2,3-6H3/t30-,31+,32?,36+,37?/m1/s1. The fourth-order valence-electron chi connectivity index (χ4n) is 7.97. The van der Waals surface area contributed by atoms with Gasteiger partial charge in [0.05, 0.1) is 29.8 Å². The van der Waals surface area contributed by atoms with E-state index in [1.807, 2.05) is 55.5 Å². The zero-order valence-electron chi connectivity index (χ0n) is 28.1. The number of carbonyl (C=O) groups excluding carboxylic acids is 3. The molecule has 9 nitrogen and oxygen atoms in total. The Labute approximate surface area is 283 Å². The zero-order chi connectivity index (χ0) is 33.9. The number of aliphatic hydroxyl groups excluding tert-OH is 1. The molecule has 252 valence electrons. The molecule has 2 unspecified atom stereocenters. The maximum absolute atomic E-state index is 14.8. The number of hydrogen-bond acceptors (Lipinski definition) is 7. The van der Waals surface area contributed by atoms with Crippen LogP contribution in [0.1, 0.15) is 40.5 Å². The lowest BCUT2D eigenvalue weighted by Crippen LogP contribution is -2.55. The summed E-state index contributed by atoms with van der Waals surface area (Å²) in [6.45, 7) is 18.6. The molecule has 0 aliphatic carbocycles. The molecule has 0 aromatic heterocycles. The van der Waals surface area contributed by atoms with Crippen molar-refractivity contribution in [1.82, 2.24) is 4.90 Å². The first-order chi connectivity index (χ1) is 22.6. The van der Waals surface area contributed by atoms with Crippen LogP contribution >= 0.6 is 11.8 Å². The minimum atomic E-state index is -0.836. The van der Waals surface area contributed by atoms with Crippen LogP contribution in [0.5, 0.6) is 5.75 Å². The molecule has 5 atom stereocenters. The normalized spacial score (nSPS) is 25.8. The van der Waals surface area contributed by atoms with Gasteiger partial charge in [0, 0.05) is 54.5 Å². The first-order valence-electron chi connectivity index (χ1n) is 16.7. The summed E-state index contributed by atoms with van der Waals surface area (Å²) in [5.41, 5.74) is 2.47. The Balaban J connectivity index is 1.52. The smallest absolute Gasteiger partial charge is 0.251 e. The second-order valence-electron chi connectivity index (χ2n) is 12.6. The number of likely N-dealkylation sites (tertiary alicyclic amines) is 1. The molecular formula is C37H48N4O5S. The number of carbonyl (C=O) groups is 3. The Morgan fingerprint density at radius 1 is 0.936 bits per heavy atom. The quantitative estimate of drug-likeness (QED) is 0.265. The summed E-state index contributed by atoms with van der Waals surface area (Å²) in [5, 5.41) is 10.1. The van der Waals surface area contributed by atoms with Crippen molar-refractivity contribution in [3.05, 3.63) is 73.8 Å². The van der Waals surface area contributed by atoms with Gasteiger partial charge in [0.1, 0.15) is 11.8 Å². The van der Waals surface area contributed by atoms with Crippen LogP contribution in [-0.4, -0.2) is 89.2 Å². The highest BCUT2D eigenvalue weighted by atomic mass is 32.2. The number of nitrogens with zero attached hydrogens (tertiary/aromatic N) is 4. The average Bonchev–Trinajstić information content (AvgIpc) is 3.64. The highest BCUT2D eigenvalue weighted by Crippen LogP contribution is 2.71. The molecule has 3 saturated heterocycles. The second kappa shape index (κ2) is 14.2. The van der Waals surface area contributed by atoms with Crippen LogP contribution in [0.25, 0.3) is 0 Å². The van der Waals surface area contributed by atoms with Crippen LogP contribution < -0.4 is 19.4 Å². The van der Waals surface area contributed by atoms with Crippen molar-refractivity contribution in [2.75, 3.05) is 60.6 Å². The van der Waals surface area contributed by atoms with Crippen LogP contribution in [0.2, 0.25) is 0 Å². The largest absolute Gasteiger partial charge is 0.494 e. The van der Waals surface area contributed by atoms with Crippen LogP contribution in [0.4, 0.5) is 17.1 Å². The lowest BCUT2D eigenvalue weighted by molar-refractivity contribution is -0.140. The van der Waals surface area contributed by atoms with E-state index >= 15 is 0 Å². The van der Waals surface area contributed by atoms with Crippen molar-refractivity contribution in [3.63, 3.8) is 0 Å². The van der Waals surface area contributed by atoms with Crippen molar-refractivity contribution in [2.45, 2.75) is 56.1 Å². The monoisotopic (exact) mass is 660 g/mol. The Bertz CT molecular complexity index is 1480. The number of benzene rings is 2. The van der Waals surface area contributed by atoms with Gasteiger partial charge in [0.25, 0.3) is 5.91 Å². The van der Waals surface area contributed by atoms with E-state index in [-0.39, 0.29) is 44.0 Å².